The Morgan fingerprint density at radius 2 is 1.94 bits per heavy atom. The maximum Gasteiger partial charge on any atom is 0.243 e. The summed E-state index contributed by atoms with van der Waals surface area (Å²) in [5.41, 5.74) is 6.57. The van der Waals surface area contributed by atoms with Crippen molar-refractivity contribution in [2.45, 2.75) is 39.2 Å². The standard InChI is InChI=1S/C14H21FN2O/c1-3-5-6-13(16)14(18)17(4-2)12-9-7-11(15)8-10-12/h7-10,13H,3-6,16H2,1-2H3/t13-/m0/s1. The molecule has 1 aromatic carbocycles. The highest BCUT2D eigenvalue weighted by atomic mass is 19.1. The summed E-state index contributed by atoms with van der Waals surface area (Å²) in [6.45, 7) is 4.48. The Hall–Kier alpha value is -1.42. The summed E-state index contributed by atoms with van der Waals surface area (Å²) >= 11 is 0. The molecule has 1 amide bonds. The maximum atomic E-state index is 12.9. The number of benzene rings is 1. The second kappa shape index (κ2) is 7.11. The van der Waals surface area contributed by atoms with Crippen LogP contribution in [0.15, 0.2) is 24.3 Å². The van der Waals surface area contributed by atoms with E-state index in [1.807, 2.05) is 6.92 Å². The number of hydrogen-bond acceptors (Lipinski definition) is 2. The first-order chi connectivity index (χ1) is 8.60. The summed E-state index contributed by atoms with van der Waals surface area (Å²) in [6.07, 6.45) is 2.64. The highest BCUT2D eigenvalue weighted by Crippen LogP contribution is 2.16. The fourth-order valence-corrected chi connectivity index (χ4v) is 1.83. The van der Waals surface area contributed by atoms with Crippen LogP contribution in [0.4, 0.5) is 10.1 Å². The van der Waals surface area contributed by atoms with Gasteiger partial charge in [0.2, 0.25) is 5.91 Å². The largest absolute Gasteiger partial charge is 0.320 e. The summed E-state index contributed by atoms with van der Waals surface area (Å²) < 4.78 is 12.9. The number of likely N-dealkylation sites (N-methyl/N-ethyl adjacent to an activating group) is 1. The molecular formula is C14H21FN2O. The highest BCUT2D eigenvalue weighted by Gasteiger charge is 2.20. The molecule has 1 rings (SSSR count). The van der Waals surface area contributed by atoms with Crippen molar-refractivity contribution >= 4 is 11.6 Å². The van der Waals surface area contributed by atoms with E-state index >= 15 is 0 Å². The van der Waals surface area contributed by atoms with Crippen LogP contribution in [-0.2, 0) is 4.79 Å². The number of hydrogen-bond donors (Lipinski definition) is 1. The van der Waals surface area contributed by atoms with E-state index in [1.54, 1.807) is 17.0 Å². The molecule has 18 heavy (non-hydrogen) atoms. The van der Waals surface area contributed by atoms with E-state index in [9.17, 15) is 9.18 Å². The van der Waals surface area contributed by atoms with E-state index in [0.717, 1.165) is 12.8 Å². The first-order valence-electron chi connectivity index (χ1n) is 6.42. The molecule has 0 unspecified atom stereocenters. The van der Waals surface area contributed by atoms with Crippen LogP contribution in [0, 0.1) is 5.82 Å². The van der Waals surface area contributed by atoms with Crippen LogP contribution in [0.2, 0.25) is 0 Å². The minimum Gasteiger partial charge on any atom is -0.320 e. The Kier molecular flexibility index (Phi) is 5.78. The average molecular weight is 252 g/mol. The Labute approximate surface area is 108 Å². The topological polar surface area (TPSA) is 46.3 Å². The van der Waals surface area contributed by atoms with E-state index in [-0.39, 0.29) is 11.7 Å². The van der Waals surface area contributed by atoms with Crippen LogP contribution < -0.4 is 10.6 Å². The van der Waals surface area contributed by atoms with Crippen LogP contribution in [-0.4, -0.2) is 18.5 Å². The van der Waals surface area contributed by atoms with Gasteiger partial charge in [0.05, 0.1) is 6.04 Å². The lowest BCUT2D eigenvalue weighted by molar-refractivity contribution is -0.119. The third kappa shape index (κ3) is 3.81. The summed E-state index contributed by atoms with van der Waals surface area (Å²) in [5.74, 6) is -0.407. The number of carbonyl (C=O) groups excluding carboxylic acids is 1. The first-order valence-corrected chi connectivity index (χ1v) is 6.42. The van der Waals surface area contributed by atoms with Gasteiger partial charge in [0, 0.05) is 12.2 Å². The average Bonchev–Trinajstić information content (AvgIpc) is 2.38. The van der Waals surface area contributed by atoms with Gasteiger partial charge in [-0.1, -0.05) is 19.8 Å². The molecule has 0 spiro atoms. The van der Waals surface area contributed by atoms with Crippen LogP contribution in [0.5, 0.6) is 0 Å². The van der Waals surface area contributed by atoms with Crippen LogP contribution in [0.25, 0.3) is 0 Å². The van der Waals surface area contributed by atoms with Gasteiger partial charge in [-0.05, 0) is 37.6 Å². The lowest BCUT2D eigenvalue weighted by Gasteiger charge is -2.24. The summed E-state index contributed by atoms with van der Waals surface area (Å²) in [7, 11) is 0. The van der Waals surface area contributed by atoms with E-state index < -0.39 is 6.04 Å². The third-order valence-electron chi connectivity index (χ3n) is 2.91. The van der Waals surface area contributed by atoms with Gasteiger partial charge in [0.1, 0.15) is 5.82 Å². The van der Waals surface area contributed by atoms with Crippen molar-refractivity contribution in [3.05, 3.63) is 30.1 Å². The smallest absolute Gasteiger partial charge is 0.243 e. The highest BCUT2D eigenvalue weighted by molar-refractivity contribution is 5.96. The number of anilines is 1. The molecule has 0 radical (unpaired) electrons. The lowest BCUT2D eigenvalue weighted by Crippen LogP contribution is -2.43. The predicted molar refractivity (Wildman–Crippen MR) is 71.9 cm³/mol. The molecule has 0 saturated carbocycles. The minimum absolute atomic E-state index is 0.0995. The molecule has 0 aliphatic rings. The number of nitrogens with two attached hydrogens (primary N) is 1. The zero-order chi connectivity index (χ0) is 13.5. The second-order valence-electron chi connectivity index (χ2n) is 4.31. The van der Waals surface area contributed by atoms with Crippen molar-refractivity contribution < 1.29 is 9.18 Å². The van der Waals surface area contributed by atoms with E-state index in [2.05, 4.69) is 6.92 Å². The fraction of sp³-hybridized carbons (Fsp3) is 0.500. The third-order valence-corrected chi connectivity index (χ3v) is 2.91. The van der Waals surface area contributed by atoms with Gasteiger partial charge >= 0.3 is 0 Å². The number of nitrogens with zero attached hydrogens (tertiary/aromatic N) is 1. The Bertz CT molecular complexity index is 378. The van der Waals surface area contributed by atoms with Gasteiger partial charge < -0.3 is 10.6 Å². The molecule has 1 atom stereocenters. The van der Waals surface area contributed by atoms with Crippen molar-refractivity contribution in [2.75, 3.05) is 11.4 Å². The van der Waals surface area contributed by atoms with E-state index in [4.69, 9.17) is 5.73 Å². The monoisotopic (exact) mass is 252 g/mol. The van der Waals surface area contributed by atoms with Crippen LogP contribution in [0.3, 0.4) is 0 Å². The van der Waals surface area contributed by atoms with E-state index in [1.165, 1.54) is 12.1 Å². The Morgan fingerprint density at radius 3 is 2.44 bits per heavy atom. The molecule has 2 N–H and O–H groups in total. The summed E-state index contributed by atoms with van der Waals surface area (Å²) in [6, 6.07) is 5.42. The van der Waals surface area contributed by atoms with Gasteiger partial charge in [0.15, 0.2) is 0 Å². The van der Waals surface area contributed by atoms with Crippen LogP contribution in [0.1, 0.15) is 33.1 Å². The molecule has 0 aliphatic heterocycles. The number of rotatable bonds is 6. The molecule has 1 aromatic rings. The number of amides is 1. The van der Waals surface area contributed by atoms with Crippen molar-refractivity contribution in [2.24, 2.45) is 5.73 Å². The van der Waals surface area contributed by atoms with Gasteiger partial charge in [-0.3, -0.25) is 4.79 Å². The molecule has 100 valence electrons. The van der Waals surface area contributed by atoms with Crippen molar-refractivity contribution in [1.82, 2.24) is 0 Å². The van der Waals surface area contributed by atoms with Crippen molar-refractivity contribution in [1.29, 1.82) is 0 Å². The number of halogens is 1. The zero-order valence-corrected chi connectivity index (χ0v) is 11.0. The predicted octanol–water partition coefficient (Wildman–Crippen LogP) is 2.70. The van der Waals surface area contributed by atoms with Crippen molar-refractivity contribution in [3.8, 4) is 0 Å². The van der Waals surface area contributed by atoms with Crippen molar-refractivity contribution in [3.63, 3.8) is 0 Å². The van der Waals surface area contributed by atoms with Gasteiger partial charge in [0.25, 0.3) is 0 Å². The normalized spacial score (nSPS) is 12.2. The lowest BCUT2D eigenvalue weighted by atomic mass is 10.1. The SMILES string of the molecule is CCCC[C@H](N)C(=O)N(CC)c1ccc(F)cc1. The number of unbranched alkanes of at least 4 members (excludes halogenated alkanes) is 1. The maximum absolute atomic E-state index is 12.9. The van der Waals surface area contributed by atoms with E-state index in [0.29, 0.717) is 18.7 Å². The minimum atomic E-state index is -0.477. The Balaban J connectivity index is 2.76. The Morgan fingerprint density at radius 1 is 1.33 bits per heavy atom. The van der Waals surface area contributed by atoms with Gasteiger partial charge in [-0.15, -0.1) is 0 Å². The molecule has 0 saturated heterocycles. The first kappa shape index (κ1) is 14.6. The fourth-order valence-electron chi connectivity index (χ4n) is 1.83. The molecule has 0 aromatic heterocycles. The molecule has 0 aliphatic carbocycles. The molecule has 0 heterocycles. The summed E-state index contributed by atoms with van der Waals surface area (Å²) in [4.78, 5) is 13.8. The molecule has 0 bridgehead atoms. The van der Waals surface area contributed by atoms with Crippen LogP contribution >= 0.6 is 0 Å². The molecular weight excluding hydrogens is 231 g/mol. The molecule has 0 fully saturated rings. The van der Waals surface area contributed by atoms with Gasteiger partial charge in [-0.2, -0.15) is 0 Å². The molecule has 3 nitrogen and oxygen atoms in total. The summed E-state index contributed by atoms with van der Waals surface area (Å²) in [5, 5.41) is 0. The quantitative estimate of drug-likeness (QED) is 0.846. The van der Waals surface area contributed by atoms with Gasteiger partial charge in [-0.25, -0.2) is 4.39 Å². The molecule has 4 heteroatoms. The second-order valence-corrected chi connectivity index (χ2v) is 4.31. The number of carbonyl (C=O) groups is 1. The zero-order valence-electron chi connectivity index (χ0n) is 11.0.